The fraction of sp³-hybridized carbons (Fsp3) is 0.462. The molecule has 0 aromatic heterocycles. The highest BCUT2D eigenvalue weighted by molar-refractivity contribution is 7.91. The summed E-state index contributed by atoms with van der Waals surface area (Å²) >= 11 is 0. The lowest BCUT2D eigenvalue weighted by atomic mass is 10.2. The summed E-state index contributed by atoms with van der Waals surface area (Å²) in [5.74, 6) is -0.316. The van der Waals surface area contributed by atoms with E-state index in [0.29, 0.717) is 18.7 Å². The van der Waals surface area contributed by atoms with Crippen LogP contribution < -0.4 is 5.73 Å². The third-order valence-electron chi connectivity index (χ3n) is 3.01. The summed E-state index contributed by atoms with van der Waals surface area (Å²) < 4.78 is 24.5. The first kappa shape index (κ1) is 17.6. The van der Waals surface area contributed by atoms with Crippen LogP contribution in [0.1, 0.15) is 5.56 Å². The van der Waals surface area contributed by atoms with E-state index in [1.165, 1.54) is 12.1 Å². The van der Waals surface area contributed by atoms with Gasteiger partial charge in [0.2, 0.25) is 0 Å². The van der Waals surface area contributed by atoms with E-state index in [0.717, 1.165) is 0 Å². The molecule has 21 heavy (non-hydrogen) atoms. The highest BCUT2D eigenvalue weighted by atomic mass is 32.2. The van der Waals surface area contributed by atoms with Crippen molar-refractivity contribution in [1.29, 1.82) is 5.41 Å². The molecule has 0 radical (unpaired) electrons. The molecule has 118 valence electrons. The lowest BCUT2D eigenvalue weighted by molar-refractivity contribution is 0.167. The Bertz CT molecular complexity index is 569. The maximum Gasteiger partial charge on any atom is 0.179 e. The van der Waals surface area contributed by atoms with Gasteiger partial charge in [0.1, 0.15) is 5.84 Å². The first-order valence-electron chi connectivity index (χ1n) is 6.52. The number of sulfone groups is 1. The van der Waals surface area contributed by atoms with E-state index in [1.54, 1.807) is 17.0 Å². The first-order valence-corrected chi connectivity index (χ1v) is 8.17. The molecule has 0 bridgehead atoms. The van der Waals surface area contributed by atoms with Crippen LogP contribution in [0.3, 0.4) is 0 Å². The predicted molar refractivity (Wildman–Crippen MR) is 80.1 cm³/mol. The van der Waals surface area contributed by atoms with E-state index in [2.05, 4.69) is 0 Å². The van der Waals surface area contributed by atoms with Gasteiger partial charge in [-0.2, -0.15) is 0 Å². The molecule has 0 aliphatic rings. The molecule has 7 nitrogen and oxygen atoms in total. The molecule has 0 heterocycles. The third-order valence-corrected chi connectivity index (χ3v) is 4.71. The summed E-state index contributed by atoms with van der Waals surface area (Å²) in [5, 5.41) is 25.1. The predicted octanol–water partition coefficient (Wildman–Crippen LogP) is -0.969. The Morgan fingerprint density at radius 2 is 1.81 bits per heavy atom. The van der Waals surface area contributed by atoms with Crippen molar-refractivity contribution in [3.8, 4) is 0 Å². The molecule has 1 aromatic carbocycles. The fourth-order valence-electron chi connectivity index (χ4n) is 1.84. The van der Waals surface area contributed by atoms with Gasteiger partial charge in [-0.05, 0) is 12.1 Å². The average Bonchev–Trinajstić information content (AvgIpc) is 2.45. The first-order chi connectivity index (χ1) is 9.90. The second-order valence-electron chi connectivity index (χ2n) is 4.55. The molecule has 0 fully saturated rings. The van der Waals surface area contributed by atoms with Crippen LogP contribution in [0.15, 0.2) is 29.2 Å². The van der Waals surface area contributed by atoms with Gasteiger partial charge in [-0.15, -0.1) is 0 Å². The summed E-state index contributed by atoms with van der Waals surface area (Å²) in [4.78, 5) is 1.79. The Labute approximate surface area is 124 Å². The molecule has 0 aliphatic carbocycles. The fourth-order valence-corrected chi connectivity index (χ4v) is 3.17. The molecular weight excluding hydrogens is 294 g/mol. The smallest absolute Gasteiger partial charge is 0.179 e. The Hall–Kier alpha value is -1.48. The Morgan fingerprint density at radius 3 is 2.33 bits per heavy atom. The SMILES string of the molecule is N=C(N)c1cccc(S(=O)(=O)CCN(CCO)CCO)c1. The van der Waals surface area contributed by atoms with E-state index < -0.39 is 9.84 Å². The summed E-state index contributed by atoms with van der Waals surface area (Å²) in [6, 6.07) is 5.96. The van der Waals surface area contributed by atoms with Crippen LogP contribution in [0.5, 0.6) is 0 Å². The average molecular weight is 315 g/mol. The minimum atomic E-state index is -3.51. The number of aliphatic hydroxyl groups is 2. The van der Waals surface area contributed by atoms with E-state index in [1.807, 2.05) is 0 Å². The van der Waals surface area contributed by atoms with E-state index in [4.69, 9.17) is 21.4 Å². The standard InChI is InChI=1S/C13H21N3O4S/c14-13(15)11-2-1-3-12(10-11)21(19,20)9-6-16(4-7-17)5-8-18/h1-3,10,17-18H,4-9H2,(H3,14,15). The lowest BCUT2D eigenvalue weighted by Crippen LogP contribution is -2.34. The van der Waals surface area contributed by atoms with Gasteiger partial charge in [-0.3, -0.25) is 10.3 Å². The number of hydrogen-bond donors (Lipinski definition) is 4. The van der Waals surface area contributed by atoms with E-state index in [-0.39, 0.29) is 36.2 Å². The van der Waals surface area contributed by atoms with Crippen molar-refractivity contribution < 1.29 is 18.6 Å². The molecular formula is C13H21N3O4S. The molecule has 1 rings (SSSR count). The van der Waals surface area contributed by atoms with Crippen LogP contribution in [-0.2, 0) is 9.84 Å². The monoisotopic (exact) mass is 315 g/mol. The van der Waals surface area contributed by atoms with Gasteiger partial charge >= 0.3 is 0 Å². The molecule has 1 aromatic rings. The number of aliphatic hydroxyl groups excluding tert-OH is 2. The van der Waals surface area contributed by atoms with Crippen LogP contribution in [0.2, 0.25) is 0 Å². The number of nitrogens with one attached hydrogen (secondary N) is 1. The zero-order chi connectivity index (χ0) is 15.9. The van der Waals surface area contributed by atoms with Crippen LogP contribution >= 0.6 is 0 Å². The van der Waals surface area contributed by atoms with Gasteiger partial charge in [0, 0.05) is 25.2 Å². The zero-order valence-corrected chi connectivity index (χ0v) is 12.5. The van der Waals surface area contributed by atoms with Crippen molar-refractivity contribution >= 4 is 15.7 Å². The summed E-state index contributed by atoms with van der Waals surface area (Å²) in [6.45, 7) is 0.640. The van der Waals surface area contributed by atoms with Gasteiger partial charge in [0.05, 0.1) is 23.9 Å². The third kappa shape index (κ3) is 5.43. The number of nitrogen functional groups attached to an aromatic ring is 1. The molecule has 0 spiro atoms. The van der Waals surface area contributed by atoms with Crippen LogP contribution in [-0.4, -0.2) is 68.0 Å². The molecule has 8 heteroatoms. The molecule has 0 aliphatic heterocycles. The number of amidine groups is 1. The highest BCUT2D eigenvalue weighted by Crippen LogP contribution is 2.13. The van der Waals surface area contributed by atoms with Crippen molar-refractivity contribution in [2.45, 2.75) is 4.90 Å². The van der Waals surface area contributed by atoms with Crippen molar-refractivity contribution in [3.05, 3.63) is 29.8 Å². The number of benzene rings is 1. The molecule has 0 saturated heterocycles. The molecule has 0 unspecified atom stereocenters. The quantitative estimate of drug-likeness (QED) is 0.343. The second kappa shape index (κ2) is 8.08. The van der Waals surface area contributed by atoms with Crippen LogP contribution in [0, 0.1) is 5.41 Å². The number of rotatable bonds is 9. The van der Waals surface area contributed by atoms with Crippen molar-refractivity contribution in [3.63, 3.8) is 0 Å². The normalized spacial score (nSPS) is 11.8. The molecule has 0 saturated carbocycles. The van der Waals surface area contributed by atoms with Crippen molar-refractivity contribution in [2.75, 3.05) is 38.6 Å². The number of nitrogens with two attached hydrogens (primary N) is 1. The Morgan fingerprint density at radius 1 is 1.19 bits per heavy atom. The van der Waals surface area contributed by atoms with E-state index >= 15 is 0 Å². The Kier molecular flexibility index (Phi) is 6.76. The summed E-state index contributed by atoms with van der Waals surface area (Å²) in [5.41, 5.74) is 5.71. The Balaban J connectivity index is 2.81. The molecule has 0 atom stereocenters. The molecule has 5 N–H and O–H groups in total. The van der Waals surface area contributed by atoms with Crippen molar-refractivity contribution in [2.24, 2.45) is 5.73 Å². The summed E-state index contributed by atoms with van der Waals surface area (Å²) in [6.07, 6.45) is 0. The second-order valence-corrected chi connectivity index (χ2v) is 6.66. The van der Waals surface area contributed by atoms with Gasteiger partial charge in [0.25, 0.3) is 0 Å². The highest BCUT2D eigenvalue weighted by Gasteiger charge is 2.17. The minimum Gasteiger partial charge on any atom is -0.395 e. The maximum atomic E-state index is 12.3. The molecule has 0 amide bonds. The summed E-state index contributed by atoms with van der Waals surface area (Å²) in [7, 11) is -3.51. The van der Waals surface area contributed by atoms with Crippen molar-refractivity contribution in [1.82, 2.24) is 4.90 Å². The van der Waals surface area contributed by atoms with Gasteiger partial charge < -0.3 is 15.9 Å². The largest absolute Gasteiger partial charge is 0.395 e. The van der Waals surface area contributed by atoms with Crippen LogP contribution in [0.4, 0.5) is 0 Å². The zero-order valence-electron chi connectivity index (χ0n) is 11.7. The number of nitrogens with zero attached hydrogens (tertiary/aromatic N) is 1. The van der Waals surface area contributed by atoms with Gasteiger partial charge in [-0.1, -0.05) is 12.1 Å². The van der Waals surface area contributed by atoms with E-state index in [9.17, 15) is 8.42 Å². The maximum absolute atomic E-state index is 12.3. The lowest BCUT2D eigenvalue weighted by Gasteiger charge is -2.19. The number of hydrogen-bond acceptors (Lipinski definition) is 6. The van der Waals surface area contributed by atoms with Gasteiger partial charge in [0.15, 0.2) is 9.84 Å². The minimum absolute atomic E-state index is 0.0974. The topological polar surface area (TPSA) is 128 Å². The van der Waals surface area contributed by atoms with Crippen LogP contribution in [0.25, 0.3) is 0 Å². The van der Waals surface area contributed by atoms with Gasteiger partial charge in [-0.25, -0.2) is 8.42 Å².